The molecule has 1 aromatic heterocycles. The monoisotopic (exact) mass is 271 g/mol. The van der Waals surface area contributed by atoms with Gasteiger partial charge in [-0.15, -0.1) is 11.3 Å². The van der Waals surface area contributed by atoms with Crippen LogP contribution in [-0.4, -0.2) is 12.5 Å². The summed E-state index contributed by atoms with van der Waals surface area (Å²) in [5.74, 6) is 0.0530. The zero-order valence-corrected chi connectivity index (χ0v) is 11.6. The van der Waals surface area contributed by atoms with Crippen molar-refractivity contribution in [2.75, 3.05) is 6.54 Å². The molecule has 0 spiro atoms. The lowest BCUT2D eigenvalue weighted by atomic mass is 9.64. The van der Waals surface area contributed by atoms with Crippen molar-refractivity contribution in [2.45, 2.75) is 24.7 Å². The van der Waals surface area contributed by atoms with Gasteiger partial charge in [-0.25, -0.2) is 0 Å². The molecule has 1 aliphatic rings. The van der Waals surface area contributed by atoms with E-state index in [4.69, 9.17) is 0 Å². The lowest BCUT2D eigenvalue weighted by Crippen LogP contribution is -2.45. The molecule has 0 bridgehead atoms. The lowest BCUT2D eigenvalue weighted by molar-refractivity contribution is 0.0932. The van der Waals surface area contributed by atoms with Crippen molar-refractivity contribution in [1.29, 1.82) is 0 Å². The van der Waals surface area contributed by atoms with Crippen LogP contribution in [0.25, 0.3) is 0 Å². The van der Waals surface area contributed by atoms with Gasteiger partial charge in [0.2, 0.25) is 0 Å². The molecule has 1 amide bonds. The van der Waals surface area contributed by atoms with Crippen LogP contribution >= 0.6 is 11.3 Å². The van der Waals surface area contributed by atoms with Gasteiger partial charge in [-0.2, -0.15) is 0 Å². The summed E-state index contributed by atoms with van der Waals surface area (Å²) in [7, 11) is 0. The van der Waals surface area contributed by atoms with Gasteiger partial charge in [0.25, 0.3) is 5.91 Å². The first-order valence-corrected chi connectivity index (χ1v) is 7.55. The maximum Gasteiger partial charge on any atom is 0.261 e. The maximum atomic E-state index is 12.0. The average molecular weight is 271 g/mol. The standard InChI is InChI=1S/C16H17NOS/c18-15(14-8-4-11-19-14)17-12-16(9-5-10-16)13-6-2-1-3-7-13/h1-4,6-8,11H,5,9-10,12H2,(H,17,18). The van der Waals surface area contributed by atoms with Crippen LogP contribution < -0.4 is 5.32 Å². The van der Waals surface area contributed by atoms with E-state index in [1.165, 1.54) is 36.2 Å². The first-order chi connectivity index (χ1) is 9.30. The number of carbonyl (C=O) groups excluding carboxylic acids is 1. The van der Waals surface area contributed by atoms with Crippen molar-refractivity contribution < 1.29 is 4.79 Å². The SMILES string of the molecule is O=C(NCC1(c2ccccc2)CCC1)c1cccs1. The highest BCUT2D eigenvalue weighted by Crippen LogP contribution is 2.43. The summed E-state index contributed by atoms with van der Waals surface area (Å²) in [6.07, 6.45) is 3.59. The van der Waals surface area contributed by atoms with Gasteiger partial charge in [0.15, 0.2) is 0 Å². The van der Waals surface area contributed by atoms with Gasteiger partial charge in [0.05, 0.1) is 4.88 Å². The molecule has 3 heteroatoms. The zero-order valence-electron chi connectivity index (χ0n) is 10.8. The molecule has 1 heterocycles. The number of thiophene rings is 1. The number of rotatable bonds is 4. The smallest absolute Gasteiger partial charge is 0.261 e. The maximum absolute atomic E-state index is 12.0. The van der Waals surface area contributed by atoms with E-state index >= 15 is 0 Å². The average Bonchev–Trinajstić information content (AvgIpc) is 2.92. The molecule has 0 saturated heterocycles. The van der Waals surface area contributed by atoms with E-state index in [-0.39, 0.29) is 11.3 Å². The fourth-order valence-electron chi connectivity index (χ4n) is 2.71. The summed E-state index contributed by atoms with van der Waals surface area (Å²) in [6.45, 7) is 0.744. The number of benzene rings is 1. The van der Waals surface area contributed by atoms with Gasteiger partial charge in [-0.1, -0.05) is 42.8 Å². The third-order valence-electron chi connectivity index (χ3n) is 4.03. The Morgan fingerprint density at radius 1 is 1.16 bits per heavy atom. The predicted molar refractivity (Wildman–Crippen MR) is 78.6 cm³/mol. The van der Waals surface area contributed by atoms with Crippen LogP contribution in [0.2, 0.25) is 0 Å². The number of amides is 1. The normalized spacial score (nSPS) is 16.6. The van der Waals surface area contributed by atoms with Gasteiger partial charge in [-0.05, 0) is 29.9 Å². The highest BCUT2D eigenvalue weighted by atomic mass is 32.1. The highest BCUT2D eigenvalue weighted by molar-refractivity contribution is 7.12. The summed E-state index contributed by atoms with van der Waals surface area (Å²) in [5, 5.41) is 5.03. The molecular formula is C16H17NOS. The van der Waals surface area contributed by atoms with Crippen LogP contribution in [0.15, 0.2) is 47.8 Å². The fourth-order valence-corrected chi connectivity index (χ4v) is 3.35. The summed E-state index contributed by atoms with van der Waals surface area (Å²) < 4.78 is 0. The second kappa shape index (κ2) is 5.17. The summed E-state index contributed by atoms with van der Waals surface area (Å²) in [6, 6.07) is 14.3. The zero-order chi connectivity index (χ0) is 13.1. The summed E-state index contributed by atoms with van der Waals surface area (Å²) in [5.41, 5.74) is 1.52. The molecule has 2 aromatic rings. The Hall–Kier alpha value is -1.61. The van der Waals surface area contributed by atoms with E-state index < -0.39 is 0 Å². The molecule has 2 nitrogen and oxygen atoms in total. The molecule has 1 fully saturated rings. The second-order valence-electron chi connectivity index (χ2n) is 5.16. The molecule has 0 aliphatic heterocycles. The van der Waals surface area contributed by atoms with Crippen molar-refractivity contribution in [3.63, 3.8) is 0 Å². The molecule has 1 aliphatic carbocycles. The summed E-state index contributed by atoms with van der Waals surface area (Å²) in [4.78, 5) is 12.8. The molecular weight excluding hydrogens is 254 g/mol. The molecule has 0 unspecified atom stereocenters. The van der Waals surface area contributed by atoms with E-state index in [1.807, 2.05) is 23.6 Å². The van der Waals surface area contributed by atoms with Crippen LogP contribution in [-0.2, 0) is 5.41 Å². The Morgan fingerprint density at radius 3 is 2.53 bits per heavy atom. The fraction of sp³-hybridized carbons (Fsp3) is 0.312. The van der Waals surface area contributed by atoms with Crippen LogP contribution in [0.1, 0.15) is 34.5 Å². The highest BCUT2D eigenvalue weighted by Gasteiger charge is 2.38. The van der Waals surface area contributed by atoms with Crippen LogP contribution in [0.3, 0.4) is 0 Å². The molecule has 1 saturated carbocycles. The minimum absolute atomic E-state index is 0.0530. The minimum Gasteiger partial charge on any atom is -0.350 e. The third-order valence-corrected chi connectivity index (χ3v) is 4.90. The predicted octanol–water partition coefficient (Wildman–Crippen LogP) is 3.60. The van der Waals surface area contributed by atoms with E-state index in [9.17, 15) is 4.79 Å². The molecule has 0 radical (unpaired) electrons. The van der Waals surface area contributed by atoms with Crippen molar-refractivity contribution >= 4 is 17.2 Å². The van der Waals surface area contributed by atoms with Crippen LogP contribution in [0.4, 0.5) is 0 Å². The van der Waals surface area contributed by atoms with Gasteiger partial charge in [0, 0.05) is 12.0 Å². The molecule has 98 valence electrons. The second-order valence-corrected chi connectivity index (χ2v) is 6.11. The Labute approximate surface area is 117 Å². The van der Waals surface area contributed by atoms with Crippen molar-refractivity contribution in [3.05, 3.63) is 58.3 Å². The van der Waals surface area contributed by atoms with Gasteiger partial charge < -0.3 is 5.32 Å². The quantitative estimate of drug-likeness (QED) is 0.904. The number of hydrogen-bond acceptors (Lipinski definition) is 2. The third kappa shape index (κ3) is 2.43. The minimum atomic E-state index is 0.0530. The van der Waals surface area contributed by atoms with Gasteiger partial charge >= 0.3 is 0 Å². The van der Waals surface area contributed by atoms with Crippen molar-refractivity contribution in [1.82, 2.24) is 5.32 Å². The number of nitrogens with one attached hydrogen (secondary N) is 1. The van der Waals surface area contributed by atoms with Crippen molar-refractivity contribution in [2.24, 2.45) is 0 Å². The molecule has 1 aromatic carbocycles. The Bertz CT molecular complexity index is 543. The molecule has 3 rings (SSSR count). The number of hydrogen-bond donors (Lipinski definition) is 1. The molecule has 19 heavy (non-hydrogen) atoms. The first kappa shape index (κ1) is 12.4. The van der Waals surface area contributed by atoms with E-state index in [1.54, 1.807) is 0 Å². The largest absolute Gasteiger partial charge is 0.350 e. The van der Waals surface area contributed by atoms with E-state index in [0.29, 0.717) is 0 Å². The van der Waals surface area contributed by atoms with Crippen LogP contribution in [0.5, 0.6) is 0 Å². The summed E-state index contributed by atoms with van der Waals surface area (Å²) >= 11 is 1.49. The Morgan fingerprint density at radius 2 is 1.95 bits per heavy atom. The Balaban J connectivity index is 1.69. The molecule has 1 N–H and O–H groups in total. The van der Waals surface area contributed by atoms with E-state index in [2.05, 4.69) is 29.6 Å². The van der Waals surface area contributed by atoms with Crippen LogP contribution in [0, 0.1) is 0 Å². The molecule has 0 atom stereocenters. The van der Waals surface area contributed by atoms with E-state index in [0.717, 1.165) is 11.4 Å². The Kier molecular flexibility index (Phi) is 3.38. The number of carbonyl (C=O) groups is 1. The van der Waals surface area contributed by atoms with Gasteiger partial charge in [-0.3, -0.25) is 4.79 Å². The lowest BCUT2D eigenvalue weighted by Gasteiger charge is -2.42. The van der Waals surface area contributed by atoms with Gasteiger partial charge in [0.1, 0.15) is 0 Å². The van der Waals surface area contributed by atoms with Crippen molar-refractivity contribution in [3.8, 4) is 0 Å². The first-order valence-electron chi connectivity index (χ1n) is 6.67. The topological polar surface area (TPSA) is 29.1 Å².